The molecule has 7 rings (SSSR count). The lowest BCUT2D eigenvalue weighted by Gasteiger charge is -2.33. The van der Waals surface area contributed by atoms with E-state index in [-0.39, 0.29) is 16.9 Å². The molecule has 3 amide bonds. The number of nitrogens with one attached hydrogen (secondary N) is 2. The fourth-order valence-electron chi connectivity index (χ4n) is 5.91. The van der Waals surface area contributed by atoms with Crippen LogP contribution >= 0.6 is 23.5 Å². The number of anilines is 3. The van der Waals surface area contributed by atoms with Crippen LogP contribution in [0.15, 0.2) is 178 Å². The number of nitrogens with zero attached hydrogens (tertiary/aromatic N) is 1. The Morgan fingerprint density at radius 1 is 0.741 bits per heavy atom. The lowest BCUT2D eigenvalue weighted by molar-refractivity contribution is -0.117. The SMILES string of the molecule is CCC(Sc1cccc(NC(=O)/C(=C/c2ccc(OCc3ccccc3)cc2)NC(=O)c2ccccc2)c1)C(=O)N1c2ccccc2Sc2ccccc21. The molecular formula is C45H37N3O4S2. The summed E-state index contributed by atoms with van der Waals surface area (Å²) in [5.41, 5.74) is 4.53. The van der Waals surface area contributed by atoms with Crippen LogP contribution in [-0.4, -0.2) is 23.0 Å². The lowest BCUT2D eigenvalue weighted by atomic mass is 10.1. The third-order valence-corrected chi connectivity index (χ3v) is 11.1. The largest absolute Gasteiger partial charge is 0.489 e. The summed E-state index contributed by atoms with van der Waals surface area (Å²) in [5, 5.41) is 5.38. The van der Waals surface area contributed by atoms with Crippen molar-refractivity contribution in [2.24, 2.45) is 0 Å². The highest BCUT2D eigenvalue weighted by molar-refractivity contribution is 8.00. The van der Waals surface area contributed by atoms with Gasteiger partial charge < -0.3 is 15.4 Å². The van der Waals surface area contributed by atoms with E-state index in [1.807, 2.05) is 139 Å². The molecular weight excluding hydrogens is 711 g/mol. The molecule has 0 bridgehead atoms. The van der Waals surface area contributed by atoms with Gasteiger partial charge in [-0.05, 0) is 90.4 Å². The zero-order valence-corrected chi connectivity index (χ0v) is 31.1. The minimum Gasteiger partial charge on any atom is -0.489 e. The number of hydrogen-bond donors (Lipinski definition) is 2. The van der Waals surface area contributed by atoms with Crippen LogP contribution in [-0.2, 0) is 16.2 Å². The van der Waals surface area contributed by atoms with Gasteiger partial charge in [0.2, 0.25) is 5.91 Å². The number of hydrogen-bond acceptors (Lipinski definition) is 6. The van der Waals surface area contributed by atoms with E-state index in [4.69, 9.17) is 4.74 Å². The number of amides is 3. The Morgan fingerprint density at radius 2 is 1.37 bits per heavy atom. The number of ether oxygens (including phenoxy) is 1. The summed E-state index contributed by atoms with van der Waals surface area (Å²) < 4.78 is 5.93. The van der Waals surface area contributed by atoms with Crippen LogP contribution in [0.25, 0.3) is 6.08 Å². The van der Waals surface area contributed by atoms with Gasteiger partial charge in [0.25, 0.3) is 11.8 Å². The van der Waals surface area contributed by atoms with Crippen LogP contribution in [0.4, 0.5) is 17.1 Å². The van der Waals surface area contributed by atoms with Crippen LogP contribution in [0.3, 0.4) is 0 Å². The van der Waals surface area contributed by atoms with E-state index in [2.05, 4.69) is 10.6 Å². The summed E-state index contributed by atoms with van der Waals surface area (Å²) in [4.78, 5) is 46.1. The second kappa shape index (κ2) is 17.2. The summed E-state index contributed by atoms with van der Waals surface area (Å²) in [6.45, 7) is 2.44. The normalized spacial score (nSPS) is 12.5. The van der Waals surface area contributed by atoms with Gasteiger partial charge in [0.05, 0.1) is 16.6 Å². The predicted octanol–water partition coefficient (Wildman–Crippen LogP) is 10.4. The molecule has 0 saturated carbocycles. The van der Waals surface area contributed by atoms with E-state index in [9.17, 15) is 14.4 Å². The first-order valence-electron chi connectivity index (χ1n) is 17.6. The Morgan fingerprint density at radius 3 is 2.04 bits per heavy atom. The van der Waals surface area contributed by atoms with Gasteiger partial charge in [-0.25, -0.2) is 0 Å². The second-order valence-corrected chi connectivity index (χ2v) is 14.8. The molecule has 0 spiro atoms. The first-order chi connectivity index (χ1) is 26.4. The average molecular weight is 748 g/mol. The summed E-state index contributed by atoms with van der Waals surface area (Å²) in [6, 6.07) is 49.3. The van der Waals surface area contributed by atoms with Gasteiger partial charge in [0, 0.05) is 25.9 Å². The number of benzene rings is 6. The van der Waals surface area contributed by atoms with Gasteiger partial charge >= 0.3 is 0 Å². The second-order valence-electron chi connectivity index (χ2n) is 12.4. The molecule has 6 aromatic carbocycles. The predicted molar refractivity (Wildman–Crippen MR) is 218 cm³/mol. The molecule has 0 fully saturated rings. The van der Waals surface area contributed by atoms with Crippen molar-refractivity contribution in [3.63, 3.8) is 0 Å². The van der Waals surface area contributed by atoms with Crippen molar-refractivity contribution in [1.29, 1.82) is 0 Å². The van der Waals surface area contributed by atoms with Crippen molar-refractivity contribution in [3.05, 3.63) is 180 Å². The van der Waals surface area contributed by atoms with Gasteiger partial charge in [-0.15, -0.1) is 11.8 Å². The monoisotopic (exact) mass is 747 g/mol. The van der Waals surface area contributed by atoms with Crippen molar-refractivity contribution >= 4 is 64.4 Å². The fourth-order valence-corrected chi connectivity index (χ4v) is 8.03. The molecule has 0 saturated heterocycles. The van der Waals surface area contributed by atoms with Crippen LogP contribution in [0, 0.1) is 0 Å². The number of carbonyl (C=O) groups excluding carboxylic acids is 3. The third kappa shape index (κ3) is 8.77. The molecule has 1 aliphatic rings. The van der Waals surface area contributed by atoms with Crippen LogP contribution < -0.4 is 20.3 Å². The number of thioether (sulfide) groups is 1. The Bertz CT molecular complexity index is 2250. The molecule has 9 heteroatoms. The molecule has 7 nitrogen and oxygen atoms in total. The molecule has 268 valence electrons. The molecule has 1 unspecified atom stereocenters. The number of para-hydroxylation sites is 2. The third-order valence-electron chi connectivity index (χ3n) is 8.64. The zero-order valence-electron chi connectivity index (χ0n) is 29.5. The van der Waals surface area contributed by atoms with E-state index < -0.39 is 11.8 Å². The highest BCUT2D eigenvalue weighted by Gasteiger charge is 2.32. The Hall–Kier alpha value is -6.03. The molecule has 6 aromatic rings. The molecule has 54 heavy (non-hydrogen) atoms. The average Bonchev–Trinajstić information content (AvgIpc) is 3.22. The number of rotatable bonds is 12. The van der Waals surface area contributed by atoms with Crippen LogP contribution in [0.5, 0.6) is 5.75 Å². The maximum absolute atomic E-state index is 14.3. The first-order valence-corrected chi connectivity index (χ1v) is 19.3. The van der Waals surface area contributed by atoms with Gasteiger partial charge in [-0.3, -0.25) is 19.3 Å². The minimum atomic E-state index is -0.493. The molecule has 1 atom stereocenters. The summed E-state index contributed by atoms with van der Waals surface area (Å²) in [5.74, 6) is -0.232. The highest BCUT2D eigenvalue weighted by Crippen LogP contribution is 2.49. The molecule has 0 radical (unpaired) electrons. The number of fused-ring (bicyclic) bond motifs is 2. The summed E-state index contributed by atoms with van der Waals surface area (Å²) >= 11 is 3.12. The van der Waals surface area contributed by atoms with Crippen LogP contribution in [0.2, 0.25) is 0 Å². The maximum atomic E-state index is 14.3. The van der Waals surface area contributed by atoms with Crippen molar-refractivity contribution in [3.8, 4) is 5.75 Å². The molecule has 0 aliphatic carbocycles. The Labute approximate surface area is 323 Å². The molecule has 2 N–H and O–H groups in total. The standard InChI is InChI=1S/C45H37N3O4S2/c1-2-40(45(51)48-38-20-9-11-22-41(38)54-42-23-12-10-21-39(42)48)53-36-19-13-18-34(29-36)46-44(50)37(47-43(49)33-16-7-4-8-17-33)28-31-24-26-35(27-25-31)52-30-32-14-5-3-6-15-32/h3-29,40H,2,30H2,1H3,(H,46,50)(H,47,49)/b37-28-. The molecule has 0 aromatic heterocycles. The van der Waals surface area contributed by atoms with Crippen LogP contribution in [0.1, 0.15) is 34.8 Å². The van der Waals surface area contributed by atoms with E-state index in [1.165, 1.54) is 11.8 Å². The van der Waals surface area contributed by atoms with E-state index in [0.717, 1.165) is 31.6 Å². The van der Waals surface area contributed by atoms with Gasteiger partial charge in [-0.2, -0.15) is 0 Å². The highest BCUT2D eigenvalue weighted by atomic mass is 32.2. The topological polar surface area (TPSA) is 87.7 Å². The van der Waals surface area contributed by atoms with Crippen molar-refractivity contribution in [2.75, 3.05) is 10.2 Å². The quantitative estimate of drug-likeness (QED) is 0.0957. The molecule has 1 aliphatic heterocycles. The van der Waals surface area contributed by atoms with Crippen molar-refractivity contribution < 1.29 is 19.1 Å². The van der Waals surface area contributed by atoms with E-state index in [1.54, 1.807) is 48.2 Å². The Kier molecular flexibility index (Phi) is 11.6. The van der Waals surface area contributed by atoms with Gasteiger partial charge in [-0.1, -0.05) is 110 Å². The molecule has 1 heterocycles. The zero-order chi connectivity index (χ0) is 37.3. The maximum Gasteiger partial charge on any atom is 0.272 e. The van der Waals surface area contributed by atoms with Gasteiger partial charge in [0.1, 0.15) is 18.1 Å². The fraction of sp³-hybridized carbons (Fsp3) is 0.0889. The van der Waals surface area contributed by atoms with Crippen molar-refractivity contribution in [1.82, 2.24) is 5.32 Å². The first kappa shape index (κ1) is 36.3. The van der Waals surface area contributed by atoms with E-state index >= 15 is 0 Å². The summed E-state index contributed by atoms with van der Waals surface area (Å²) in [7, 11) is 0. The Balaban J connectivity index is 1.09. The summed E-state index contributed by atoms with van der Waals surface area (Å²) in [6.07, 6.45) is 2.23. The van der Waals surface area contributed by atoms with Gasteiger partial charge in [0.15, 0.2) is 0 Å². The lowest BCUT2D eigenvalue weighted by Crippen LogP contribution is -2.35. The number of carbonyl (C=O) groups is 3. The van der Waals surface area contributed by atoms with E-state index in [0.29, 0.717) is 35.6 Å². The van der Waals surface area contributed by atoms with Crippen molar-refractivity contribution in [2.45, 2.75) is 39.9 Å². The minimum absolute atomic E-state index is 0.0116. The smallest absolute Gasteiger partial charge is 0.272 e.